The van der Waals surface area contributed by atoms with E-state index in [0.29, 0.717) is 50.0 Å². The highest BCUT2D eigenvalue weighted by Gasteiger charge is 2.21. The van der Waals surface area contributed by atoms with Gasteiger partial charge in [0, 0.05) is 18.9 Å². The van der Waals surface area contributed by atoms with Crippen molar-refractivity contribution < 1.29 is 24.2 Å². The Morgan fingerprint density at radius 2 is 1.91 bits per heavy atom. The minimum atomic E-state index is -0.579. The Labute approximate surface area is 189 Å². The quantitative estimate of drug-likeness (QED) is 0.589. The molecule has 0 saturated heterocycles. The molecule has 2 aromatic rings. The fourth-order valence-corrected chi connectivity index (χ4v) is 3.62. The van der Waals surface area contributed by atoms with Gasteiger partial charge in [-0.1, -0.05) is 49.1 Å². The van der Waals surface area contributed by atoms with Crippen LogP contribution in [0.15, 0.2) is 49.1 Å². The highest BCUT2D eigenvalue weighted by atomic mass is 16.5. The van der Waals surface area contributed by atoms with Crippen molar-refractivity contribution in [3.05, 3.63) is 71.3 Å². The van der Waals surface area contributed by atoms with Crippen LogP contribution >= 0.6 is 0 Å². The Morgan fingerprint density at radius 1 is 1.16 bits per heavy atom. The number of allylic oxidation sites excluding steroid dienone is 1. The van der Waals surface area contributed by atoms with Gasteiger partial charge in [0.25, 0.3) is 0 Å². The third-order valence-corrected chi connectivity index (χ3v) is 5.44. The van der Waals surface area contributed by atoms with E-state index in [9.17, 15) is 14.7 Å². The zero-order valence-electron chi connectivity index (χ0n) is 18.5. The first kappa shape index (κ1) is 23.3. The number of fused-ring (bicyclic) bond motifs is 1. The predicted octanol–water partition coefficient (Wildman–Crippen LogP) is 6.10. The van der Waals surface area contributed by atoms with Crippen molar-refractivity contribution in [2.75, 3.05) is 0 Å². The highest BCUT2D eigenvalue weighted by molar-refractivity contribution is 5.97. The van der Waals surface area contributed by atoms with Crippen LogP contribution in [0.1, 0.15) is 72.5 Å². The van der Waals surface area contributed by atoms with Crippen molar-refractivity contribution >= 4 is 23.9 Å². The van der Waals surface area contributed by atoms with Gasteiger partial charge in [-0.05, 0) is 55.4 Å². The van der Waals surface area contributed by atoms with Crippen LogP contribution < -0.4 is 4.74 Å². The number of phenols is 1. The molecule has 1 heterocycles. The lowest BCUT2D eigenvalue weighted by molar-refractivity contribution is -0.119. The summed E-state index contributed by atoms with van der Waals surface area (Å²) < 4.78 is 11.4. The number of ether oxygens (including phenoxy) is 2. The van der Waals surface area contributed by atoms with Crippen molar-refractivity contribution in [2.45, 2.75) is 58.2 Å². The second-order valence-electron chi connectivity index (χ2n) is 8.08. The third-order valence-electron chi connectivity index (χ3n) is 5.44. The van der Waals surface area contributed by atoms with E-state index in [-0.39, 0.29) is 23.2 Å². The lowest BCUT2D eigenvalue weighted by atomic mass is 10.0. The average Bonchev–Trinajstić information content (AvgIpc) is 2.77. The number of Topliss-reactive ketones (excluding diaryl/α,β-unsaturated/α-hetero) is 1. The van der Waals surface area contributed by atoms with Crippen LogP contribution in [0.2, 0.25) is 0 Å². The molecular formula is C27H30O5. The first-order valence-electron chi connectivity index (χ1n) is 11.1. The maximum atomic E-state index is 12.8. The van der Waals surface area contributed by atoms with Gasteiger partial charge >= 0.3 is 5.97 Å². The van der Waals surface area contributed by atoms with Crippen molar-refractivity contribution in [3.8, 4) is 11.5 Å². The van der Waals surface area contributed by atoms with E-state index < -0.39 is 5.97 Å². The summed E-state index contributed by atoms with van der Waals surface area (Å²) in [7, 11) is 0. The molecule has 168 valence electrons. The van der Waals surface area contributed by atoms with Crippen molar-refractivity contribution in [2.24, 2.45) is 0 Å². The minimum absolute atomic E-state index is 0.129. The number of ketones is 1. The topological polar surface area (TPSA) is 72.8 Å². The Balaban J connectivity index is 1.83. The molecule has 0 radical (unpaired) electrons. The van der Waals surface area contributed by atoms with E-state index >= 15 is 0 Å². The number of rotatable bonds is 4. The van der Waals surface area contributed by atoms with Crippen LogP contribution in [0.25, 0.3) is 12.2 Å². The second-order valence-corrected chi connectivity index (χ2v) is 8.08. The van der Waals surface area contributed by atoms with Gasteiger partial charge in [0.15, 0.2) is 0 Å². The number of benzene rings is 2. The van der Waals surface area contributed by atoms with Gasteiger partial charge < -0.3 is 14.6 Å². The smallest absolute Gasteiger partial charge is 0.342 e. The normalized spacial score (nSPS) is 18.7. The number of carbonyl (C=O) groups is 2. The summed E-state index contributed by atoms with van der Waals surface area (Å²) >= 11 is 0. The van der Waals surface area contributed by atoms with Gasteiger partial charge in [-0.15, -0.1) is 0 Å². The van der Waals surface area contributed by atoms with Crippen molar-refractivity contribution in [1.29, 1.82) is 0 Å². The summed E-state index contributed by atoms with van der Waals surface area (Å²) in [5.41, 5.74) is 2.66. The monoisotopic (exact) mass is 434 g/mol. The molecule has 0 aromatic heterocycles. The van der Waals surface area contributed by atoms with Gasteiger partial charge in [-0.2, -0.15) is 0 Å². The molecule has 0 amide bonds. The third kappa shape index (κ3) is 6.58. The average molecular weight is 435 g/mol. The first-order chi connectivity index (χ1) is 15.5. The van der Waals surface area contributed by atoms with Crippen LogP contribution in [0.3, 0.4) is 0 Å². The van der Waals surface area contributed by atoms with E-state index in [1.165, 1.54) is 6.07 Å². The van der Waals surface area contributed by atoms with Crippen LogP contribution in [-0.2, 0) is 16.1 Å². The number of hydrogen-bond donors (Lipinski definition) is 1. The number of esters is 1. The molecule has 5 nitrogen and oxygen atoms in total. The number of carbonyl (C=O) groups excluding carboxylic acids is 2. The van der Waals surface area contributed by atoms with Gasteiger partial charge in [-0.3, -0.25) is 4.79 Å². The number of cyclic esters (lactones) is 1. The molecule has 3 rings (SSSR count). The van der Waals surface area contributed by atoms with E-state index in [2.05, 4.69) is 6.58 Å². The lowest BCUT2D eigenvalue weighted by Crippen LogP contribution is -2.17. The molecule has 1 aliphatic heterocycles. The summed E-state index contributed by atoms with van der Waals surface area (Å²) in [4.78, 5) is 24.7. The molecule has 0 bridgehead atoms. The molecule has 0 aliphatic carbocycles. The zero-order valence-corrected chi connectivity index (χ0v) is 18.5. The van der Waals surface area contributed by atoms with Crippen LogP contribution in [0.4, 0.5) is 0 Å². The first-order valence-corrected chi connectivity index (χ1v) is 11.1. The Hall–Kier alpha value is -3.34. The Bertz CT molecular complexity index is 988. The van der Waals surface area contributed by atoms with Gasteiger partial charge in [0.05, 0.1) is 6.10 Å². The molecule has 2 aromatic carbocycles. The molecule has 0 spiro atoms. The van der Waals surface area contributed by atoms with E-state index in [0.717, 1.165) is 17.5 Å². The summed E-state index contributed by atoms with van der Waals surface area (Å²) in [6.45, 7) is 5.87. The van der Waals surface area contributed by atoms with Crippen LogP contribution in [0, 0.1) is 0 Å². The molecule has 0 saturated carbocycles. The molecule has 0 unspecified atom stereocenters. The second kappa shape index (κ2) is 11.3. The van der Waals surface area contributed by atoms with Crippen LogP contribution in [0.5, 0.6) is 11.5 Å². The number of aromatic hydroxyl groups is 1. The van der Waals surface area contributed by atoms with Crippen molar-refractivity contribution in [3.63, 3.8) is 0 Å². The van der Waals surface area contributed by atoms with E-state index in [4.69, 9.17) is 9.47 Å². The summed E-state index contributed by atoms with van der Waals surface area (Å²) in [5.74, 6) is -0.0621. The maximum Gasteiger partial charge on any atom is 0.342 e. The SMILES string of the molecule is C=Cc1ccc(COc2cc(O)c3c(c2)/C=C/CCCC(=O)CCC[C@H](C)OC3=O)cc1. The largest absolute Gasteiger partial charge is 0.507 e. The van der Waals surface area contributed by atoms with Gasteiger partial charge in [0.1, 0.15) is 29.5 Å². The Morgan fingerprint density at radius 3 is 2.66 bits per heavy atom. The number of phenolic OH excluding ortho intramolecular Hbond substituents is 1. The van der Waals surface area contributed by atoms with Crippen LogP contribution in [-0.4, -0.2) is 23.0 Å². The fraction of sp³-hybridized carbons (Fsp3) is 0.333. The number of hydrogen-bond acceptors (Lipinski definition) is 5. The summed E-state index contributed by atoms with van der Waals surface area (Å²) in [6.07, 6.45) is 8.93. The van der Waals surface area contributed by atoms with E-state index in [1.807, 2.05) is 30.3 Å². The lowest BCUT2D eigenvalue weighted by Gasteiger charge is -2.16. The standard InChI is InChI=1S/C27H30O5/c1-3-20-12-14-21(15-13-20)18-31-24-16-22-9-5-4-6-10-23(28)11-7-8-19(2)32-27(30)26(22)25(29)17-24/h3,5,9,12-17,19,29H,1,4,6-8,10-11,18H2,2H3/b9-5+/t19-/m0/s1. The summed E-state index contributed by atoms with van der Waals surface area (Å²) in [5, 5.41) is 10.6. The van der Waals surface area contributed by atoms with Gasteiger partial charge in [-0.25, -0.2) is 4.79 Å². The minimum Gasteiger partial charge on any atom is -0.507 e. The molecule has 1 atom stereocenters. The molecule has 32 heavy (non-hydrogen) atoms. The molecule has 1 N–H and O–H groups in total. The highest BCUT2D eigenvalue weighted by Crippen LogP contribution is 2.31. The fourth-order valence-electron chi connectivity index (χ4n) is 3.62. The zero-order chi connectivity index (χ0) is 22.9. The molecule has 5 heteroatoms. The van der Waals surface area contributed by atoms with E-state index in [1.54, 1.807) is 25.1 Å². The van der Waals surface area contributed by atoms with Gasteiger partial charge in [0.2, 0.25) is 0 Å². The Kier molecular flexibility index (Phi) is 8.26. The van der Waals surface area contributed by atoms with Crippen molar-refractivity contribution in [1.82, 2.24) is 0 Å². The molecular weight excluding hydrogens is 404 g/mol. The maximum absolute atomic E-state index is 12.8. The molecule has 0 fully saturated rings. The summed E-state index contributed by atoms with van der Waals surface area (Å²) in [6, 6.07) is 11.0. The molecule has 1 aliphatic rings. The predicted molar refractivity (Wildman–Crippen MR) is 126 cm³/mol.